The summed E-state index contributed by atoms with van der Waals surface area (Å²) in [6, 6.07) is 6.21. The molecule has 1 aromatic carbocycles. The van der Waals surface area contributed by atoms with Gasteiger partial charge >= 0.3 is 10.8 Å². The number of nitrogens with zero attached hydrogens (tertiary/aromatic N) is 2. The predicted molar refractivity (Wildman–Crippen MR) is 97.8 cm³/mol. The molecular formula is C16H16ClN3O5S. The van der Waals surface area contributed by atoms with Crippen LogP contribution in [-0.2, 0) is 27.3 Å². The zero-order valence-corrected chi connectivity index (χ0v) is 15.3. The Kier molecular flexibility index (Phi) is 6.93. The van der Waals surface area contributed by atoms with Crippen LogP contribution in [0.15, 0.2) is 34.2 Å². The van der Waals surface area contributed by atoms with E-state index in [1.807, 2.05) is 0 Å². The number of carbonyl (C=O) groups is 2. The predicted octanol–water partition coefficient (Wildman–Crippen LogP) is 1.52. The van der Waals surface area contributed by atoms with Crippen LogP contribution in [0.2, 0.25) is 5.15 Å². The Balaban J connectivity index is 1.97. The lowest BCUT2D eigenvalue weighted by Crippen LogP contribution is -2.21. The Bertz CT molecular complexity index is 873. The summed E-state index contributed by atoms with van der Waals surface area (Å²) in [6.07, 6.45) is 1.32. The van der Waals surface area contributed by atoms with E-state index in [0.29, 0.717) is 10.4 Å². The normalized spacial score (nSPS) is 10.8. The number of thiazole rings is 1. The largest absolute Gasteiger partial charge is 0.508 e. The summed E-state index contributed by atoms with van der Waals surface area (Å²) in [6.45, 7) is 1.58. The number of hydrogen-bond donors (Lipinski definition) is 2. The number of phenols is 1. The van der Waals surface area contributed by atoms with Crippen molar-refractivity contribution in [1.29, 1.82) is 0 Å². The fraction of sp³-hybridized carbons (Fsp3) is 0.250. The Morgan fingerprint density at radius 2 is 2.08 bits per heavy atom. The maximum absolute atomic E-state index is 11.9. The number of nitrogens with one attached hydrogen (secondary N) is 1. The number of halogens is 1. The van der Waals surface area contributed by atoms with E-state index < -0.39 is 10.8 Å². The molecule has 2 rings (SSSR count). The molecule has 0 spiro atoms. The molecule has 0 aliphatic heterocycles. The summed E-state index contributed by atoms with van der Waals surface area (Å²) in [7, 11) is 0. The van der Waals surface area contributed by atoms with E-state index in [4.69, 9.17) is 16.3 Å². The first kappa shape index (κ1) is 19.7. The zero-order chi connectivity index (χ0) is 19.1. The van der Waals surface area contributed by atoms with Gasteiger partial charge in [-0.25, -0.2) is 5.43 Å². The lowest BCUT2D eigenvalue weighted by Gasteiger charge is -2.03. The van der Waals surface area contributed by atoms with Crippen molar-refractivity contribution in [2.75, 3.05) is 6.61 Å². The molecule has 0 fully saturated rings. The quantitative estimate of drug-likeness (QED) is 0.418. The van der Waals surface area contributed by atoms with Crippen molar-refractivity contribution in [2.45, 2.75) is 19.9 Å². The number of ether oxygens (including phenoxy) is 1. The van der Waals surface area contributed by atoms with Gasteiger partial charge in [-0.15, -0.1) is 0 Å². The van der Waals surface area contributed by atoms with Crippen LogP contribution in [-0.4, -0.2) is 34.4 Å². The van der Waals surface area contributed by atoms with Gasteiger partial charge in [0, 0.05) is 0 Å². The van der Waals surface area contributed by atoms with Gasteiger partial charge < -0.3 is 9.84 Å². The summed E-state index contributed by atoms with van der Waals surface area (Å²) in [5.74, 6) is -0.828. The molecule has 0 aliphatic carbocycles. The van der Waals surface area contributed by atoms with Crippen LogP contribution in [0, 0.1) is 0 Å². The monoisotopic (exact) mass is 397 g/mol. The molecule has 1 aromatic heterocycles. The van der Waals surface area contributed by atoms with Crippen molar-refractivity contribution in [3.8, 4) is 5.75 Å². The highest BCUT2D eigenvalue weighted by Crippen LogP contribution is 2.16. The molecule has 0 unspecified atom stereocenters. The number of aromatic hydroxyl groups is 1. The van der Waals surface area contributed by atoms with E-state index >= 15 is 0 Å². The molecular weight excluding hydrogens is 382 g/mol. The number of rotatable bonds is 7. The second-order valence-electron chi connectivity index (χ2n) is 5.05. The molecule has 2 N–H and O–H groups in total. The number of hydrazone groups is 1. The fourth-order valence-electron chi connectivity index (χ4n) is 1.96. The van der Waals surface area contributed by atoms with Gasteiger partial charge in [-0.1, -0.05) is 35.1 Å². The Hall–Kier alpha value is -2.65. The summed E-state index contributed by atoms with van der Waals surface area (Å²) in [4.78, 5) is 35.1. The van der Waals surface area contributed by atoms with E-state index in [2.05, 4.69) is 10.5 Å². The molecule has 0 atom stereocenters. The first-order valence-electron chi connectivity index (χ1n) is 7.55. The number of carbonyl (C=O) groups excluding carboxylic acids is 2. The Labute approximate surface area is 157 Å². The van der Waals surface area contributed by atoms with Crippen molar-refractivity contribution in [1.82, 2.24) is 9.99 Å². The third-order valence-corrected chi connectivity index (χ3v) is 4.56. The van der Waals surface area contributed by atoms with Crippen molar-refractivity contribution in [2.24, 2.45) is 5.10 Å². The topological polar surface area (TPSA) is 110 Å². The Morgan fingerprint density at radius 3 is 2.73 bits per heavy atom. The van der Waals surface area contributed by atoms with Gasteiger partial charge in [-0.2, -0.15) is 5.10 Å². The second-order valence-corrected chi connectivity index (χ2v) is 6.40. The molecule has 2 aromatic rings. The first-order chi connectivity index (χ1) is 12.4. The van der Waals surface area contributed by atoms with Crippen molar-refractivity contribution in [3.63, 3.8) is 0 Å². The molecule has 1 heterocycles. The van der Waals surface area contributed by atoms with Crippen LogP contribution in [0.1, 0.15) is 17.4 Å². The number of hydrogen-bond acceptors (Lipinski definition) is 7. The summed E-state index contributed by atoms with van der Waals surface area (Å²) in [5, 5.41) is 13.0. The maximum atomic E-state index is 11.9. The van der Waals surface area contributed by atoms with E-state index in [0.717, 1.165) is 15.9 Å². The molecule has 26 heavy (non-hydrogen) atoms. The standard InChI is InChI=1S/C16H16ClN3O5S/c1-2-25-14(23)9-20-15(17)12(26-16(20)24)8-18-19-13(22)7-10-3-5-11(21)6-4-10/h3-6,8,21H,2,7,9H2,1H3,(H,19,22)/b18-8+. The van der Waals surface area contributed by atoms with E-state index in [1.54, 1.807) is 19.1 Å². The lowest BCUT2D eigenvalue weighted by atomic mass is 10.1. The highest BCUT2D eigenvalue weighted by atomic mass is 35.5. The highest BCUT2D eigenvalue weighted by Gasteiger charge is 2.15. The minimum Gasteiger partial charge on any atom is -0.508 e. The minimum absolute atomic E-state index is 0.0459. The number of esters is 1. The van der Waals surface area contributed by atoms with Gasteiger partial charge in [-0.05, 0) is 24.6 Å². The van der Waals surface area contributed by atoms with Gasteiger partial charge in [-0.3, -0.25) is 19.0 Å². The van der Waals surface area contributed by atoms with Crippen LogP contribution >= 0.6 is 22.9 Å². The summed E-state index contributed by atoms with van der Waals surface area (Å²) in [5.41, 5.74) is 3.03. The molecule has 0 aliphatic rings. The SMILES string of the molecule is CCOC(=O)Cn1c(Cl)c(/C=N/NC(=O)Cc2ccc(O)cc2)sc1=O. The molecule has 0 saturated carbocycles. The number of benzene rings is 1. The van der Waals surface area contributed by atoms with E-state index in [1.165, 1.54) is 18.3 Å². The van der Waals surface area contributed by atoms with Gasteiger partial charge in [0.1, 0.15) is 17.4 Å². The van der Waals surface area contributed by atoms with E-state index in [9.17, 15) is 19.5 Å². The minimum atomic E-state index is -0.569. The van der Waals surface area contributed by atoms with Gasteiger partial charge in [0.15, 0.2) is 0 Å². The number of amides is 1. The smallest absolute Gasteiger partial charge is 0.326 e. The van der Waals surface area contributed by atoms with Crippen molar-refractivity contribution >= 4 is 41.0 Å². The van der Waals surface area contributed by atoms with Crippen molar-refractivity contribution in [3.05, 3.63) is 49.5 Å². The van der Waals surface area contributed by atoms with Gasteiger partial charge in [0.2, 0.25) is 5.91 Å². The second kappa shape index (κ2) is 9.16. The first-order valence-corrected chi connectivity index (χ1v) is 8.74. The van der Waals surface area contributed by atoms with Crippen LogP contribution in [0.3, 0.4) is 0 Å². The zero-order valence-electron chi connectivity index (χ0n) is 13.8. The van der Waals surface area contributed by atoms with Crippen LogP contribution in [0.4, 0.5) is 0 Å². The molecule has 1 amide bonds. The van der Waals surface area contributed by atoms with Gasteiger partial charge in [0.05, 0.1) is 24.1 Å². The lowest BCUT2D eigenvalue weighted by molar-refractivity contribution is -0.143. The third kappa shape index (κ3) is 5.43. The molecule has 0 bridgehead atoms. The van der Waals surface area contributed by atoms with Crippen molar-refractivity contribution < 1.29 is 19.4 Å². The molecule has 0 radical (unpaired) electrons. The molecule has 8 nitrogen and oxygen atoms in total. The molecule has 10 heteroatoms. The fourth-order valence-corrected chi connectivity index (χ4v) is 3.06. The van der Waals surface area contributed by atoms with Gasteiger partial charge in [0.25, 0.3) is 0 Å². The molecule has 138 valence electrons. The number of phenolic OH excluding ortho intramolecular Hbond substituents is 1. The average molecular weight is 398 g/mol. The van der Waals surface area contributed by atoms with Crippen LogP contribution in [0.25, 0.3) is 0 Å². The third-order valence-electron chi connectivity index (χ3n) is 3.12. The number of aromatic nitrogens is 1. The summed E-state index contributed by atoms with van der Waals surface area (Å²) >= 11 is 6.87. The van der Waals surface area contributed by atoms with Crippen LogP contribution < -0.4 is 10.3 Å². The highest BCUT2D eigenvalue weighted by molar-refractivity contribution is 7.11. The van der Waals surface area contributed by atoms with Crippen LogP contribution in [0.5, 0.6) is 5.75 Å². The van der Waals surface area contributed by atoms with E-state index in [-0.39, 0.29) is 36.4 Å². The Morgan fingerprint density at radius 1 is 1.38 bits per heavy atom. The molecule has 0 saturated heterocycles. The maximum Gasteiger partial charge on any atom is 0.326 e. The summed E-state index contributed by atoms with van der Waals surface area (Å²) < 4.78 is 5.86. The average Bonchev–Trinajstić information content (AvgIpc) is 2.85.